The maximum Gasteiger partial charge on any atom is 0.573 e. The Hall–Kier alpha value is -2.63. The molecule has 0 fully saturated rings. The van der Waals surface area contributed by atoms with Crippen molar-refractivity contribution in [2.75, 3.05) is 12.9 Å². The molecule has 1 N–H and O–H groups in total. The topological polar surface area (TPSA) is 90.7 Å². The lowest BCUT2D eigenvalue weighted by molar-refractivity contribution is -0.274. The van der Waals surface area contributed by atoms with Gasteiger partial charge in [-0.2, -0.15) is 0 Å². The number of methoxy groups -OCH3 is 1. The summed E-state index contributed by atoms with van der Waals surface area (Å²) in [5, 5.41) is 10.8. The number of hydrogen-bond donors (Lipinski definition) is 1. The lowest BCUT2D eigenvalue weighted by atomic mass is 10.1. The zero-order valence-electron chi connectivity index (χ0n) is 16.8. The van der Waals surface area contributed by atoms with Crippen molar-refractivity contribution in [1.29, 1.82) is 0 Å². The van der Waals surface area contributed by atoms with E-state index in [4.69, 9.17) is 4.74 Å². The highest BCUT2D eigenvalue weighted by Crippen LogP contribution is 2.30. The average molecular weight is 458 g/mol. The van der Waals surface area contributed by atoms with Gasteiger partial charge in [-0.1, -0.05) is 19.1 Å². The first kappa shape index (κ1) is 23.0. The molecule has 0 bridgehead atoms. The van der Waals surface area contributed by atoms with E-state index in [-0.39, 0.29) is 28.8 Å². The first-order chi connectivity index (χ1) is 14.6. The van der Waals surface area contributed by atoms with Crippen molar-refractivity contribution in [1.82, 2.24) is 9.55 Å². The fraction of sp³-hybridized carbons (Fsp3) is 0.350. The quantitative estimate of drug-likeness (QED) is 0.552. The molecule has 0 amide bonds. The molecule has 0 saturated heterocycles. The summed E-state index contributed by atoms with van der Waals surface area (Å²) in [6.07, 6.45) is -5.64. The van der Waals surface area contributed by atoms with Crippen molar-refractivity contribution in [2.24, 2.45) is 0 Å². The number of sulfone groups is 1. The number of rotatable bonds is 8. The third-order valence-electron chi connectivity index (χ3n) is 4.51. The molecule has 7 nitrogen and oxygen atoms in total. The maximum absolute atomic E-state index is 12.4. The average Bonchev–Trinajstić information content (AvgIpc) is 3.05. The molecule has 1 atom stereocenters. The van der Waals surface area contributed by atoms with Gasteiger partial charge in [0.05, 0.1) is 21.7 Å². The second kappa shape index (κ2) is 8.85. The molecule has 1 heterocycles. The molecule has 31 heavy (non-hydrogen) atoms. The van der Waals surface area contributed by atoms with Gasteiger partial charge in [0.2, 0.25) is 0 Å². The Kier molecular flexibility index (Phi) is 6.58. The van der Waals surface area contributed by atoms with E-state index in [0.29, 0.717) is 17.5 Å². The molecule has 1 aromatic heterocycles. The zero-order valence-corrected chi connectivity index (χ0v) is 17.6. The molecule has 0 aliphatic heterocycles. The Bertz CT molecular complexity index is 1160. The maximum atomic E-state index is 12.4. The second-order valence-corrected chi connectivity index (χ2v) is 8.91. The highest BCUT2D eigenvalue weighted by molar-refractivity contribution is 7.91. The van der Waals surface area contributed by atoms with E-state index >= 15 is 0 Å². The van der Waals surface area contributed by atoms with Crippen LogP contribution in [0.4, 0.5) is 13.2 Å². The summed E-state index contributed by atoms with van der Waals surface area (Å²) in [7, 11) is -2.01. The second-order valence-electron chi connectivity index (χ2n) is 6.80. The van der Waals surface area contributed by atoms with Crippen molar-refractivity contribution in [2.45, 2.75) is 37.4 Å². The first-order valence-corrected chi connectivity index (χ1v) is 11.0. The van der Waals surface area contributed by atoms with Crippen LogP contribution in [0.1, 0.15) is 30.8 Å². The van der Waals surface area contributed by atoms with Gasteiger partial charge in [0.15, 0.2) is 9.84 Å². The van der Waals surface area contributed by atoms with Crippen LogP contribution < -0.4 is 4.74 Å². The van der Waals surface area contributed by atoms with Crippen molar-refractivity contribution >= 4 is 20.9 Å². The zero-order chi connectivity index (χ0) is 22.8. The summed E-state index contributed by atoms with van der Waals surface area (Å²) >= 11 is 0. The van der Waals surface area contributed by atoms with E-state index in [9.17, 15) is 26.7 Å². The van der Waals surface area contributed by atoms with E-state index in [0.717, 1.165) is 12.1 Å². The molecule has 3 aromatic rings. The number of benzene rings is 2. The van der Waals surface area contributed by atoms with E-state index in [1.807, 2.05) is 0 Å². The number of fused-ring (bicyclic) bond motifs is 1. The van der Waals surface area contributed by atoms with Gasteiger partial charge in [-0.3, -0.25) is 0 Å². The van der Waals surface area contributed by atoms with Crippen molar-refractivity contribution in [3.8, 4) is 5.75 Å². The van der Waals surface area contributed by atoms with E-state index in [1.165, 1.54) is 31.4 Å². The summed E-state index contributed by atoms with van der Waals surface area (Å²) in [6.45, 7) is 1.79. The number of aromatic nitrogens is 2. The molecule has 1 unspecified atom stereocenters. The molecule has 0 spiro atoms. The van der Waals surface area contributed by atoms with Crippen molar-refractivity contribution < 1.29 is 36.2 Å². The normalized spacial score (nSPS) is 13.5. The smallest absolute Gasteiger partial charge is 0.406 e. The molecular weight excluding hydrogens is 437 g/mol. The minimum atomic E-state index is -4.82. The van der Waals surface area contributed by atoms with Gasteiger partial charge in [0, 0.05) is 7.11 Å². The molecule has 168 valence electrons. The number of aliphatic hydroxyl groups is 1. The highest BCUT2D eigenvalue weighted by atomic mass is 32.2. The minimum Gasteiger partial charge on any atom is -0.406 e. The van der Waals surface area contributed by atoms with Gasteiger partial charge in [-0.05, 0) is 42.3 Å². The number of halogens is 3. The van der Waals surface area contributed by atoms with Gasteiger partial charge >= 0.3 is 6.36 Å². The molecule has 11 heteroatoms. The third-order valence-corrected chi connectivity index (χ3v) is 6.43. The Labute approximate surface area is 177 Å². The molecule has 0 aliphatic carbocycles. The number of alkyl halides is 3. The summed E-state index contributed by atoms with van der Waals surface area (Å²) in [5.74, 6) is -0.259. The van der Waals surface area contributed by atoms with Gasteiger partial charge in [-0.15, -0.1) is 13.2 Å². The Balaban J connectivity index is 2.01. The number of nitrogens with zero attached hydrogens (tertiary/aromatic N) is 2. The van der Waals surface area contributed by atoms with Gasteiger partial charge in [-0.25, -0.2) is 13.4 Å². The van der Waals surface area contributed by atoms with Crippen LogP contribution in [0.5, 0.6) is 5.75 Å². The summed E-state index contributed by atoms with van der Waals surface area (Å²) < 4.78 is 72.4. The molecule has 3 rings (SSSR count). The number of imidazole rings is 1. The molecule has 0 saturated carbocycles. The van der Waals surface area contributed by atoms with E-state index in [2.05, 4.69) is 9.72 Å². The molecule has 2 aromatic carbocycles. The fourth-order valence-corrected chi connectivity index (χ4v) is 4.52. The minimum absolute atomic E-state index is 0.000879. The highest BCUT2D eigenvalue weighted by Gasteiger charge is 2.31. The van der Waals surface area contributed by atoms with Crippen LogP contribution >= 0.6 is 0 Å². The van der Waals surface area contributed by atoms with Crippen molar-refractivity contribution in [3.05, 3.63) is 53.9 Å². The van der Waals surface area contributed by atoms with Crippen LogP contribution in [0.2, 0.25) is 0 Å². The standard InChI is InChI=1S/C20H21F3N2O5S/c1-3-10-31(27,28)15-8-9-17-16(11-15)24-19(25(17)12-29-2)18(26)13-4-6-14(7-5-13)30-20(21,22)23/h4-9,11,18,26H,3,10,12H2,1-2H3. The van der Waals surface area contributed by atoms with Crippen LogP contribution in [-0.2, 0) is 21.3 Å². The van der Waals surface area contributed by atoms with Crippen LogP contribution in [0, 0.1) is 0 Å². The Morgan fingerprint density at radius 3 is 2.42 bits per heavy atom. The predicted molar refractivity (Wildman–Crippen MR) is 106 cm³/mol. The summed E-state index contributed by atoms with van der Waals surface area (Å²) in [5.41, 5.74) is 1.17. The van der Waals surface area contributed by atoms with Crippen molar-refractivity contribution in [3.63, 3.8) is 0 Å². The predicted octanol–water partition coefficient (Wildman–Crippen LogP) is 3.80. The van der Waals surface area contributed by atoms with Crippen LogP contribution in [-0.4, -0.2) is 42.3 Å². The SMILES string of the molecule is CCCS(=O)(=O)c1ccc2c(c1)nc(C(O)c1ccc(OC(F)(F)F)cc1)n2COC. The lowest BCUT2D eigenvalue weighted by Gasteiger charge is -2.15. The van der Waals surface area contributed by atoms with E-state index < -0.39 is 28.1 Å². The lowest BCUT2D eigenvalue weighted by Crippen LogP contribution is -2.17. The van der Waals surface area contributed by atoms with Gasteiger partial charge in [0.1, 0.15) is 24.4 Å². The van der Waals surface area contributed by atoms with Crippen LogP contribution in [0.3, 0.4) is 0 Å². The van der Waals surface area contributed by atoms with Gasteiger partial charge in [0.25, 0.3) is 0 Å². The number of aliphatic hydroxyl groups excluding tert-OH is 1. The largest absolute Gasteiger partial charge is 0.573 e. The summed E-state index contributed by atoms with van der Waals surface area (Å²) in [6, 6.07) is 9.25. The fourth-order valence-electron chi connectivity index (χ4n) is 3.18. The Morgan fingerprint density at radius 2 is 1.84 bits per heavy atom. The van der Waals surface area contributed by atoms with Crippen LogP contribution in [0.15, 0.2) is 47.4 Å². The summed E-state index contributed by atoms with van der Waals surface area (Å²) in [4.78, 5) is 4.50. The Morgan fingerprint density at radius 1 is 1.16 bits per heavy atom. The van der Waals surface area contributed by atoms with Crippen LogP contribution in [0.25, 0.3) is 11.0 Å². The first-order valence-electron chi connectivity index (χ1n) is 9.31. The molecule has 0 radical (unpaired) electrons. The molecule has 0 aliphatic rings. The van der Waals surface area contributed by atoms with E-state index in [1.54, 1.807) is 17.6 Å². The molecular formula is C20H21F3N2O5S. The van der Waals surface area contributed by atoms with Gasteiger partial charge < -0.3 is 19.1 Å². The monoisotopic (exact) mass is 458 g/mol. The number of ether oxygens (including phenoxy) is 2. The third kappa shape index (κ3) is 5.17. The number of hydrogen-bond acceptors (Lipinski definition) is 6.